The van der Waals surface area contributed by atoms with Gasteiger partial charge in [0.1, 0.15) is 0 Å². The van der Waals surface area contributed by atoms with Crippen molar-refractivity contribution in [3.63, 3.8) is 0 Å². The normalized spacial score (nSPS) is 13.9. The quantitative estimate of drug-likeness (QED) is 0.557. The third kappa shape index (κ3) is 1.79. The maximum Gasteiger partial charge on any atom is 0.416 e. The zero-order chi connectivity index (χ0) is 15.5. The highest BCUT2D eigenvalue weighted by molar-refractivity contribution is 6.08. The number of alkyl halides is 3. The van der Waals surface area contributed by atoms with Gasteiger partial charge in [-0.05, 0) is 37.2 Å². The van der Waals surface area contributed by atoms with Crippen molar-refractivity contribution in [2.45, 2.75) is 13.1 Å². The molecular weight excluding hydrogens is 251 g/mol. The van der Waals surface area contributed by atoms with Crippen molar-refractivity contribution >= 4 is 21.8 Å². The molecule has 0 N–H and O–H groups in total. The van der Waals surface area contributed by atoms with Crippen molar-refractivity contribution in [3.8, 4) is 0 Å². The molecule has 4 heteroatoms. The fraction of sp³-hybridized carbons (Fsp3) is 0.200. The summed E-state index contributed by atoms with van der Waals surface area (Å²) >= 11 is 0. The standard InChI is InChI=1S/C15H12F3N/c1-9-3-5-13-11(7-9)12-8-10(15(16,17)18)4-6-14(12)19(13)2/h3-8H,1-2H3/i3D,4D. The number of hydrogen-bond donors (Lipinski definition) is 0. The van der Waals surface area contributed by atoms with Gasteiger partial charge in [0.25, 0.3) is 0 Å². The van der Waals surface area contributed by atoms with Gasteiger partial charge in [0, 0.05) is 28.9 Å². The van der Waals surface area contributed by atoms with E-state index in [9.17, 15) is 13.2 Å². The molecule has 0 aliphatic heterocycles. The molecule has 0 atom stereocenters. The number of hydrogen-bond acceptors (Lipinski definition) is 0. The monoisotopic (exact) mass is 265 g/mol. The third-order valence-electron chi connectivity index (χ3n) is 3.32. The first kappa shape index (κ1) is 9.89. The van der Waals surface area contributed by atoms with Crippen molar-refractivity contribution in [1.29, 1.82) is 0 Å². The van der Waals surface area contributed by atoms with E-state index in [4.69, 9.17) is 2.74 Å². The molecule has 0 amide bonds. The number of aryl methyl sites for hydroxylation is 2. The van der Waals surface area contributed by atoms with E-state index in [-0.39, 0.29) is 0 Å². The number of fused-ring (bicyclic) bond motifs is 3. The molecule has 3 rings (SSSR count). The molecule has 1 nitrogen and oxygen atoms in total. The fourth-order valence-electron chi connectivity index (χ4n) is 2.36. The Balaban J connectivity index is 2.50. The minimum Gasteiger partial charge on any atom is -0.344 e. The van der Waals surface area contributed by atoms with Crippen LogP contribution in [-0.2, 0) is 13.2 Å². The smallest absolute Gasteiger partial charge is 0.344 e. The van der Waals surface area contributed by atoms with E-state index in [1.54, 1.807) is 30.7 Å². The summed E-state index contributed by atoms with van der Waals surface area (Å²) in [6, 6.07) is 5.44. The van der Waals surface area contributed by atoms with E-state index in [1.807, 2.05) is 0 Å². The fourth-order valence-corrected chi connectivity index (χ4v) is 2.36. The van der Waals surface area contributed by atoms with Gasteiger partial charge >= 0.3 is 6.18 Å². The van der Waals surface area contributed by atoms with Crippen LogP contribution in [0, 0.1) is 6.92 Å². The lowest BCUT2D eigenvalue weighted by Gasteiger charge is -2.06. The maximum atomic E-state index is 13.0. The van der Waals surface area contributed by atoms with Gasteiger partial charge in [-0.15, -0.1) is 0 Å². The van der Waals surface area contributed by atoms with E-state index < -0.39 is 17.8 Å². The first-order valence-corrected chi connectivity index (χ1v) is 5.77. The van der Waals surface area contributed by atoms with Gasteiger partial charge in [-0.25, -0.2) is 0 Å². The molecule has 19 heavy (non-hydrogen) atoms. The van der Waals surface area contributed by atoms with E-state index >= 15 is 0 Å². The lowest BCUT2D eigenvalue weighted by Crippen LogP contribution is -2.04. The van der Waals surface area contributed by atoms with E-state index in [2.05, 4.69) is 0 Å². The number of aromatic nitrogens is 1. The summed E-state index contributed by atoms with van der Waals surface area (Å²) in [5, 5.41) is 1.13. The van der Waals surface area contributed by atoms with Gasteiger partial charge in [0.05, 0.1) is 8.30 Å². The Morgan fingerprint density at radius 3 is 2.26 bits per heavy atom. The van der Waals surface area contributed by atoms with Crippen LogP contribution < -0.4 is 0 Å². The van der Waals surface area contributed by atoms with Crippen LogP contribution in [0.25, 0.3) is 21.8 Å². The Morgan fingerprint density at radius 2 is 1.63 bits per heavy atom. The minimum absolute atomic E-state index is 0.343. The molecule has 1 heterocycles. The highest BCUT2D eigenvalue weighted by Gasteiger charge is 2.30. The van der Waals surface area contributed by atoms with Gasteiger partial charge in [-0.1, -0.05) is 11.6 Å². The Labute approximate surface area is 111 Å². The molecule has 0 unspecified atom stereocenters. The van der Waals surface area contributed by atoms with E-state index in [0.29, 0.717) is 33.4 Å². The SMILES string of the molecule is [2H]c1cc2c(cc1C)c1cc(C(F)(F)F)c([2H])cc1n2C. The first-order chi connectivity index (χ1) is 9.70. The Morgan fingerprint density at radius 1 is 1.05 bits per heavy atom. The van der Waals surface area contributed by atoms with Crippen molar-refractivity contribution < 1.29 is 15.9 Å². The Kier molecular flexibility index (Phi) is 1.96. The zero-order valence-corrected chi connectivity index (χ0v) is 10.4. The van der Waals surface area contributed by atoms with Gasteiger partial charge in [-0.3, -0.25) is 0 Å². The summed E-state index contributed by atoms with van der Waals surface area (Å²) in [5.74, 6) is 0. The molecule has 0 radical (unpaired) electrons. The summed E-state index contributed by atoms with van der Waals surface area (Å²) in [4.78, 5) is 0. The largest absolute Gasteiger partial charge is 0.416 e. The van der Waals surface area contributed by atoms with Crippen LogP contribution in [0.3, 0.4) is 0 Å². The number of benzene rings is 2. The predicted octanol–water partition coefficient (Wildman–Crippen LogP) is 4.66. The second kappa shape index (κ2) is 3.76. The topological polar surface area (TPSA) is 4.93 Å². The van der Waals surface area contributed by atoms with Crippen LogP contribution in [0.2, 0.25) is 0 Å². The van der Waals surface area contributed by atoms with Crippen LogP contribution in [0.15, 0.2) is 36.4 Å². The molecule has 0 saturated carbocycles. The van der Waals surface area contributed by atoms with Crippen LogP contribution in [0.4, 0.5) is 13.2 Å². The van der Waals surface area contributed by atoms with E-state index in [1.165, 1.54) is 6.07 Å². The van der Waals surface area contributed by atoms with Gasteiger partial charge < -0.3 is 4.57 Å². The molecule has 3 aromatic rings. The second-order valence-electron chi connectivity index (χ2n) is 4.62. The highest BCUT2D eigenvalue weighted by atomic mass is 19.4. The average molecular weight is 265 g/mol. The molecule has 0 aliphatic carbocycles. The lowest BCUT2D eigenvalue weighted by atomic mass is 10.1. The van der Waals surface area contributed by atoms with Crippen LogP contribution in [0.1, 0.15) is 13.9 Å². The Hall–Kier alpha value is -1.97. The summed E-state index contributed by atoms with van der Waals surface area (Å²) < 4.78 is 56.1. The zero-order valence-electron chi connectivity index (χ0n) is 12.4. The molecule has 0 spiro atoms. The summed E-state index contributed by atoms with van der Waals surface area (Å²) in [7, 11) is 1.73. The average Bonchev–Trinajstić information content (AvgIpc) is 2.62. The first-order valence-electron chi connectivity index (χ1n) is 6.77. The molecular formula is C15H12F3N. The molecule has 0 aliphatic rings. The van der Waals surface area contributed by atoms with Crippen molar-refractivity contribution in [3.05, 3.63) is 47.5 Å². The molecule has 0 bridgehead atoms. The Bertz CT molecular complexity index is 878. The van der Waals surface area contributed by atoms with Crippen LogP contribution in [-0.4, -0.2) is 4.57 Å². The van der Waals surface area contributed by atoms with Gasteiger partial charge in [0.15, 0.2) is 0 Å². The summed E-state index contributed by atoms with van der Waals surface area (Å²) in [5.41, 5.74) is 1.03. The molecule has 1 aromatic heterocycles. The van der Waals surface area contributed by atoms with Gasteiger partial charge in [0.2, 0.25) is 0 Å². The molecule has 0 saturated heterocycles. The number of rotatable bonds is 0. The van der Waals surface area contributed by atoms with Crippen molar-refractivity contribution in [1.82, 2.24) is 4.57 Å². The lowest BCUT2D eigenvalue weighted by molar-refractivity contribution is -0.137. The minimum atomic E-state index is -4.54. The van der Waals surface area contributed by atoms with Crippen LogP contribution in [0.5, 0.6) is 0 Å². The molecule has 2 aromatic carbocycles. The molecule has 98 valence electrons. The predicted molar refractivity (Wildman–Crippen MR) is 70.2 cm³/mol. The van der Waals surface area contributed by atoms with Crippen LogP contribution >= 0.6 is 0 Å². The number of halogens is 3. The van der Waals surface area contributed by atoms with Crippen molar-refractivity contribution in [2.24, 2.45) is 7.05 Å². The van der Waals surface area contributed by atoms with Crippen molar-refractivity contribution in [2.75, 3.05) is 0 Å². The summed E-state index contributed by atoms with van der Waals surface area (Å²) in [6.45, 7) is 1.75. The number of nitrogens with zero attached hydrogens (tertiary/aromatic N) is 1. The highest BCUT2D eigenvalue weighted by Crippen LogP contribution is 2.35. The van der Waals surface area contributed by atoms with E-state index in [0.717, 1.165) is 6.07 Å². The maximum absolute atomic E-state index is 13.0. The summed E-state index contributed by atoms with van der Waals surface area (Å²) in [6.07, 6.45) is -4.54. The molecule has 0 fully saturated rings. The van der Waals surface area contributed by atoms with Gasteiger partial charge in [-0.2, -0.15) is 13.2 Å². The third-order valence-corrected chi connectivity index (χ3v) is 3.32. The second-order valence-corrected chi connectivity index (χ2v) is 4.62.